The van der Waals surface area contributed by atoms with Crippen LogP contribution >= 0.6 is 0 Å². The van der Waals surface area contributed by atoms with Crippen LogP contribution in [-0.4, -0.2) is 47.1 Å². The van der Waals surface area contributed by atoms with Crippen molar-refractivity contribution in [3.8, 4) is 0 Å². The van der Waals surface area contributed by atoms with Crippen LogP contribution in [0.1, 0.15) is 0 Å². The van der Waals surface area contributed by atoms with Crippen LogP contribution in [0.25, 0.3) is 0 Å². The first-order valence-corrected chi connectivity index (χ1v) is 2.10. The van der Waals surface area contributed by atoms with E-state index in [0.717, 1.165) is 0 Å². The summed E-state index contributed by atoms with van der Waals surface area (Å²) in [6.07, 6.45) is 0. The van der Waals surface area contributed by atoms with E-state index in [0.29, 0.717) is 0 Å². The van der Waals surface area contributed by atoms with Gasteiger partial charge in [-0.25, -0.2) is 0 Å². The Balaban J connectivity index is -0.0000000800. The molecular weight excluding hydrogens is 178 g/mol. The molecule has 0 saturated heterocycles. The Morgan fingerprint density at radius 1 is 1.14 bits per heavy atom. The summed E-state index contributed by atoms with van der Waals surface area (Å²) in [5.74, 6) is 0. The fourth-order valence-corrected chi connectivity index (χ4v) is 0. The van der Waals surface area contributed by atoms with Crippen LogP contribution in [0.3, 0.4) is 0 Å². The van der Waals surface area contributed by atoms with E-state index < -0.39 is 10.4 Å². The van der Waals surface area contributed by atoms with Gasteiger partial charge in [-0.1, -0.05) is 0 Å². The summed E-state index contributed by atoms with van der Waals surface area (Å²) in [5, 5.41) is 0. The van der Waals surface area contributed by atoms with Crippen molar-refractivity contribution in [3.63, 3.8) is 0 Å². The smallest absolute Gasteiger partial charge is 0 e. The molecule has 0 rings (SSSR count). The summed E-state index contributed by atoms with van der Waals surface area (Å²) in [5.41, 5.74) is 0. The second-order valence-corrected chi connectivity index (χ2v) is 1.34. The molecule has 0 radical (unpaired) electrons. The average Bonchev–Trinajstić information content (AvgIpc) is 0.722. The van der Waals surface area contributed by atoms with Gasteiger partial charge < -0.3 is 0 Å². The third kappa shape index (κ3) is 114. The van der Waals surface area contributed by atoms with E-state index in [1.54, 1.807) is 0 Å². The van der Waals surface area contributed by atoms with Gasteiger partial charge in [-0.3, -0.25) is 9.11 Å². The Morgan fingerprint density at radius 3 is 1.14 bits per heavy atom. The molecule has 0 fully saturated rings. The van der Waals surface area contributed by atoms with Crippen molar-refractivity contribution in [2.45, 2.75) is 0 Å². The van der Waals surface area contributed by atoms with Crippen LogP contribution in [0.4, 0.5) is 0 Å². The van der Waals surface area contributed by atoms with E-state index in [9.17, 15) is 0 Å². The Labute approximate surface area is 73.5 Å². The molecule has 4 nitrogen and oxygen atoms in total. The van der Waals surface area contributed by atoms with Gasteiger partial charge in [0.15, 0.2) is 0 Å². The zero-order valence-electron chi connectivity index (χ0n) is 2.44. The third-order valence-corrected chi connectivity index (χ3v) is 0. The quantitative estimate of drug-likeness (QED) is 0.359. The summed E-state index contributed by atoms with van der Waals surface area (Å²) in [7, 11) is -4.67. The summed E-state index contributed by atoms with van der Waals surface area (Å²) >= 11 is 0. The molecule has 0 aromatic heterocycles. The minimum Gasteiger partial charge on any atom is 0 e. The summed E-state index contributed by atoms with van der Waals surface area (Å²) in [6, 6.07) is 0. The Kier molecular flexibility index (Phi) is 12.4. The van der Waals surface area contributed by atoms with Gasteiger partial charge in [0.1, 0.15) is 0 Å². The van der Waals surface area contributed by atoms with E-state index in [-0.39, 0.29) is 46.0 Å². The van der Waals surface area contributed by atoms with Crippen molar-refractivity contribution in [1.29, 1.82) is 0 Å². The van der Waals surface area contributed by atoms with Gasteiger partial charge in [0, 0.05) is 16.5 Å². The van der Waals surface area contributed by atoms with Crippen LogP contribution < -0.4 is 0 Å². The standard InChI is InChI=1S/Na.Ni.H2O4S.H/c;;1-5(2,3)4;/h;;(H2,1,2,3,4);. The van der Waals surface area contributed by atoms with Crippen molar-refractivity contribution in [2.75, 3.05) is 0 Å². The SMILES string of the molecule is O=S(=O)(O)O.[NaH].[Ni]. The number of hydrogen-bond acceptors (Lipinski definition) is 2. The summed E-state index contributed by atoms with van der Waals surface area (Å²) in [4.78, 5) is 0. The van der Waals surface area contributed by atoms with Crippen LogP contribution in [-0.2, 0) is 26.9 Å². The van der Waals surface area contributed by atoms with E-state index >= 15 is 0 Å². The van der Waals surface area contributed by atoms with E-state index in [4.69, 9.17) is 17.5 Å². The number of hydrogen-bond donors (Lipinski definition) is 2. The first kappa shape index (κ1) is 15.8. The molecule has 0 heterocycles. The van der Waals surface area contributed by atoms with E-state index in [1.165, 1.54) is 0 Å². The van der Waals surface area contributed by atoms with Gasteiger partial charge >= 0.3 is 40.0 Å². The topological polar surface area (TPSA) is 74.6 Å². The fraction of sp³-hybridized carbons (Fsp3) is 0. The molecular formula is H3NaNiO4S. The molecule has 0 amide bonds. The second kappa shape index (κ2) is 5.50. The maximum Gasteiger partial charge on any atom is 0 e. The van der Waals surface area contributed by atoms with E-state index in [1.807, 2.05) is 0 Å². The zero-order valence-corrected chi connectivity index (χ0v) is 4.24. The molecule has 7 heavy (non-hydrogen) atoms. The summed E-state index contributed by atoms with van der Waals surface area (Å²) in [6.45, 7) is 0. The Bertz CT molecular complexity index is 94.9. The minimum atomic E-state index is -4.67. The molecule has 0 aliphatic carbocycles. The van der Waals surface area contributed by atoms with Crippen molar-refractivity contribution < 1.29 is 34.0 Å². The zero-order chi connectivity index (χ0) is 4.50. The molecule has 0 atom stereocenters. The maximum absolute atomic E-state index is 8.74. The number of rotatable bonds is 0. The largest absolute Gasteiger partial charge is 0 e. The molecule has 0 bridgehead atoms. The Hall–Kier alpha value is 1.36. The average molecular weight is 181 g/mol. The molecule has 44 valence electrons. The molecule has 0 aliphatic rings. The molecule has 0 unspecified atom stereocenters. The van der Waals surface area contributed by atoms with Gasteiger partial charge in [0.2, 0.25) is 0 Å². The van der Waals surface area contributed by atoms with Gasteiger partial charge in [-0.05, 0) is 0 Å². The summed E-state index contributed by atoms with van der Waals surface area (Å²) < 4.78 is 31.6. The van der Waals surface area contributed by atoms with Gasteiger partial charge in [-0.2, -0.15) is 8.42 Å². The third-order valence-electron chi connectivity index (χ3n) is 0. The second-order valence-electron chi connectivity index (χ2n) is 0.448. The molecule has 0 aliphatic heterocycles. The van der Waals surface area contributed by atoms with Gasteiger partial charge in [-0.15, -0.1) is 0 Å². The molecule has 0 aromatic carbocycles. The van der Waals surface area contributed by atoms with Gasteiger partial charge in [0.25, 0.3) is 0 Å². The van der Waals surface area contributed by atoms with Gasteiger partial charge in [0.05, 0.1) is 0 Å². The molecule has 0 aromatic rings. The predicted molar refractivity (Wildman–Crippen MR) is 21.3 cm³/mol. The van der Waals surface area contributed by atoms with Crippen molar-refractivity contribution in [3.05, 3.63) is 0 Å². The molecule has 0 saturated carbocycles. The van der Waals surface area contributed by atoms with E-state index in [2.05, 4.69) is 0 Å². The molecule has 0 spiro atoms. The predicted octanol–water partition coefficient (Wildman–Crippen LogP) is -1.30. The first-order chi connectivity index (χ1) is 2.00. The molecule has 2 N–H and O–H groups in total. The van der Waals surface area contributed by atoms with Crippen LogP contribution in [0.15, 0.2) is 0 Å². The fourth-order valence-electron chi connectivity index (χ4n) is 0. The van der Waals surface area contributed by atoms with Crippen molar-refractivity contribution >= 4 is 40.0 Å². The molecule has 7 heteroatoms. The van der Waals surface area contributed by atoms with Crippen LogP contribution in [0, 0.1) is 0 Å². The monoisotopic (exact) mass is 180 g/mol. The van der Waals surface area contributed by atoms with Crippen molar-refractivity contribution in [1.82, 2.24) is 0 Å². The normalized spacial score (nSPS) is 8.29. The van der Waals surface area contributed by atoms with Crippen LogP contribution in [0.5, 0.6) is 0 Å². The maximum atomic E-state index is 8.74. The Morgan fingerprint density at radius 2 is 1.14 bits per heavy atom. The first-order valence-electron chi connectivity index (χ1n) is 0.698. The van der Waals surface area contributed by atoms with Crippen LogP contribution in [0.2, 0.25) is 0 Å². The minimum absolute atomic E-state index is 0. The van der Waals surface area contributed by atoms with Crippen molar-refractivity contribution in [2.24, 2.45) is 0 Å².